The molecular weight excluding hydrogens is 367 g/mol. The minimum atomic E-state index is -0.513. The number of halogens is 1. The van der Waals surface area contributed by atoms with Crippen molar-refractivity contribution in [3.05, 3.63) is 35.6 Å². The molecule has 1 aliphatic carbocycles. The molecule has 3 fully saturated rings. The summed E-state index contributed by atoms with van der Waals surface area (Å²) in [4.78, 5) is 18.3. The van der Waals surface area contributed by atoms with Crippen LogP contribution < -0.4 is 0 Å². The van der Waals surface area contributed by atoms with Gasteiger partial charge in [-0.25, -0.2) is 4.39 Å². The van der Waals surface area contributed by atoms with Crippen LogP contribution in [0.2, 0.25) is 0 Å². The molecule has 0 aromatic heterocycles. The van der Waals surface area contributed by atoms with E-state index in [4.69, 9.17) is 4.74 Å². The molecule has 0 atom stereocenters. The molecule has 1 aromatic rings. The monoisotopic (exact) mass is 402 g/mol. The topological polar surface area (TPSA) is 32.8 Å². The van der Waals surface area contributed by atoms with Crippen LogP contribution in [0.15, 0.2) is 24.3 Å². The fourth-order valence-corrected chi connectivity index (χ4v) is 5.48. The van der Waals surface area contributed by atoms with Crippen LogP contribution in [0.5, 0.6) is 0 Å². The molecule has 2 heterocycles. The fourth-order valence-electron chi connectivity index (χ4n) is 5.48. The van der Waals surface area contributed by atoms with Gasteiger partial charge >= 0.3 is 0 Å². The molecule has 0 unspecified atom stereocenters. The number of hydrogen-bond acceptors (Lipinski definition) is 3. The molecule has 1 amide bonds. The number of piperidine rings is 1. The smallest absolute Gasteiger partial charge is 0.233 e. The SMILES string of the molecule is O=C(N1CCC(CCN2CCOCC2)CC1)C1(c2cccc(F)c2)CCCCC1. The van der Waals surface area contributed by atoms with E-state index in [0.29, 0.717) is 5.92 Å². The van der Waals surface area contributed by atoms with E-state index in [9.17, 15) is 9.18 Å². The maximum atomic E-state index is 14.0. The standard InChI is InChI=1S/C24H35FN2O2/c25-22-6-4-5-21(19-22)24(10-2-1-3-11-24)23(28)27-13-8-20(9-14-27)7-12-26-15-17-29-18-16-26/h4-6,19-20H,1-3,7-18H2. The van der Waals surface area contributed by atoms with Gasteiger partial charge in [0, 0.05) is 26.2 Å². The average Bonchev–Trinajstić information content (AvgIpc) is 2.79. The van der Waals surface area contributed by atoms with E-state index in [1.807, 2.05) is 6.07 Å². The predicted octanol–water partition coefficient (Wildman–Crippen LogP) is 3.99. The number of morpholine rings is 1. The first-order chi connectivity index (χ1) is 14.2. The molecule has 1 saturated carbocycles. The Morgan fingerprint density at radius 2 is 1.79 bits per heavy atom. The Morgan fingerprint density at radius 3 is 2.48 bits per heavy atom. The van der Waals surface area contributed by atoms with Crippen molar-refractivity contribution in [1.82, 2.24) is 9.80 Å². The summed E-state index contributed by atoms with van der Waals surface area (Å²) in [5.41, 5.74) is 0.373. The molecule has 2 aliphatic heterocycles. The van der Waals surface area contributed by atoms with E-state index >= 15 is 0 Å². The molecule has 4 rings (SSSR count). The van der Waals surface area contributed by atoms with Crippen LogP contribution in [0.4, 0.5) is 4.39 Å². The van der Waals surface area contributed by atoms with Crippen LogP contribution in [0, 0.1) is 11.7 Å². The number of amides is 1. The molecule has 5 heteroatoms. The lowest BCUT2D eigenvalue weighted by Gasteiger charge is -2.42. The molecule has 4 nitrogen and oxygen atoms in total. The van der Waals surface area contributed by atoms with Crippen molar-refractivity contribution < 1.29 is 13.9 Å². The Hall–Kier alpha value is -1.46. The van der Waals surface area contributed by atoms with Crippen LogP contribution in [0.3, 0.4) is 0 Å². The van der Waals surface area contributed by atoms with Crippen LogP contribution in [0.25, 0.3) is 0 Å². The van der Waals surface area contributed by atoms with Crippen LogP contribution >= 0.6 is 0 Å². The Morgan fingerprint density at radius 1 is 1.07 bits per heavy atom. The van der Waals surface area contributed by atoms with E-state index in [0.717, 1.165) is 90.0 Å². The van der Waals surface area contributed by atoms with Crippen LogP contribution in [-0.4, -0.2) is 61.6 Å². The summed E-state index contributed by atoms with van der Waals surface area (Å²) in [6.45, 7) is 6.66. The highest BCUT2D eigenvalue weighted by Gasteiger charge is 2.44. The van der Waals surface area contributed by atoms with E-state index in [-0.39, 0.29) is 11.7 Å². The lowest BCUT2D eigenvalue weighted by molar-refractivity contribution is -0.140. The first-order valence-corrected chi connectivity index (χ1v) is 11.5. The lowest BCUT2D eigenvalue weighted by Crippen LogP contribution is -2.50. The summed E-state index contributed by atoms with van der Waals surface area (Å²) in [6, 6.07) is 6.79. The third-order valence-electron chi connectivity index (χ3n) is 7.35. The maximum absolute atomic E-state index is 14.0. The normalized spacial score (nSPS) is 23.8. The maximum Gasteiger partial charge on any atom is 0.233 e. The third kappa shape index (κ3) is 4.83. The minimum absolute atomic E-state index is 0.234. The van der Waals surface area contributed by atoms with Crippen molar-refractivity contribution >= 4 is 5.91 Å². The lowest BCUT2D eigenvalue weighted by atomic mass is 9.68. The Balaban J connectivity index is 1.36. The molecule has 0 radical (unpaired) electrons. The predicted molar refractivity (Wildman–Crippen MR) is 112 cm³/mol. The fraction of sp³-hybridized carbons (Fsp3) is 0.708. The van der Waals surface area contributed by atoms with Gasteiger partial charge in [-0.1, -0.05) is 31.4 Å². The van der Waals surface area contributed by atoms with E-state index in [2.05, 4.69) is 9.80 Å². The zero-order valence-corrected chi connectivity index (χ0v) is 17.6. The van der Waals surface area contributed by atoms with E-state index in [1.54, 1.807) is 12.1 Å². The number of benzene rings is 1. The summed E-state index contributed by atoms with van der Waals surface area (Å²) in [5.74, 6) is 0.717. The average molecular weight is 403 g/mol. The molecule has 2 saturated heterocycles. The largest absolute Gasteiger partial charge is 0.379 e. The number of carbonyl (C=O) groups excluding carboxylic acids is 1. The van der Waals surface area contributed by atoms with Crippen molar-refractivity contribution in [3.8, 4) is 0 Å². The third-order valence-corrected chi connectivity index (χ3v) is 7.35. The molecule has 0 spiro atoms. The number of rotatable bonds is 5. The van der Waals surface area contributed by atoms with Gasteiger partial charge in [-0.15, -0.1) is 0 Å². The zero-order valence-electron chi connectivity index (χ0n) is 17.6. The summed E-state index contributed by atoms with van der Waals surface area (Å²) in [7, 11) is 0. The molecule has 1 aromatic carbocycles. The Bertz CT molecular complexity index is 675. The van der Waals surface area contributed by atoms with Gasteiger partial charge in [0.1, 0.15) is 5.82 Å². The van der Waals surface area contributed by atoms with Crippen molar-refractivity contribution in [3.63, 3.8) is 0 Å². The van der Waals surface area contributed by atoms with Gasteiger partial charge in [-0.3, -0.25) is 9.69 Å². The summed E-state index contributed by atoms with van der Waals surface area (Å²) in [5, 5.41) is 0. The number of likely N-dealkylation sites (tertiary alicyclic amines) is 1. The quantitative estimate of drug-likeness (QED) is 0.747. The van der Waals surface area contributed by atoms with Gasteiger partial charge in [0.25, 0.3) is 0 Å². The number of carbonyl (C=O) groups is 1. The van der Waals surface area contributed by atoms with Gasteiger partial charge < -0.3 is 9.64 Å². The van der Waals surface area contributed by atoms with Crippen LogP contribution in [-0.2, 0) is 14.9 Å². The number of hydrogen-bond donors (Lipinski definition) is 0. The zero-order chi connectivity index (χ0) is 20.1. The first-order valence-electron chi connectivity index (χ1n) is 11.5. The summed E-state index contributed by atoms with van der Waals surface area (Å²) < 4.78 is 19.4. The Labute approximate surface area is 174 Å². The van der Waals surface area contributed by atoms with E-state index in [1.165, 1.54) is 18.9 Å². The molecular formula is C24H35FN2O2. The Kier molecular flexibility index (Phi) is 6.86. The molecule has 0 N–H and O–H groups in total. The molecule has 29 heavy (non-hydrogen) atoms. The summed E-state index contributed by atoms with van der Waals surface area (Å²) >= 11 is 0. The van der Waals surface area contributed by atoms with Gasteiger partial charge in [0.15, 0.2) is 0 Å². The van der Waals surface area contributed by atoms with Crippen molar-refractivity contribution in [1.29, 1.82) is 0 Å². The second-order valence-corrected chi connectivity index (χ2v) is 9.13. The molecule has 3 aliphatic rings. The van der Waals surface area contributed by atoms with Crippen molar-refractivity contribution in [2.45, 2.75) is 56.8 Å². The van der Waals surface area contributed by atoms with Gasteiger partial charge in [0.2, 0.25) is 5.91 Å². The van der Waals surface area contributed by atoms with Crippen molar-refractivity contribution in [2.24, 2.45) is 5.92 Å². The second kappa shape index (κ2) is 9.57. The highest BCUT2D eigenvalue weighted by Crippen LogP contribution is 2.42. The van der Waals surface area contributed by atoms with Gasteiger partial charge in [-0.2, -0.15) is 0 Å². The summed E-state index contributed by atoms with van der Waals surface area (Å²) in [6.07, 6.45) is 8.39. The van der Waals surface area contributed by atoms with Crippen molar-refractivity contribution in [2.75, 3.05) is 45.9 Å². The van der Waals surface area contributed by atoms with E-state index < -0.39 is 5.41 Å². The minimum Gasteiger partial charge on any atom is -0.379 e. The first kappa shape index (κ1) is 20.8. The molecule has 160 valence electrons. The van der Waals surface area contributed by atoms with Crippen LogP contribution in [0.1, 0.15) is 56.9 Å². The van der Waals surface area contributed by atoms with Gasteiger partial charge in [-0.05, 0) is 62.3 Å². The second-order valence-electron chi connectivity index (χ2n) is 9.13. The highest BCUT2D eigenvalue weighted by molar-refractivity contribution is 5.88. The molecule has 0 bridgehead atoms. The highest BCUT2D eigenvalue weighted by atomic mass is 19.1. The number of nitrogens with zero attached hydrogens (tertiary/aromatic N) is 2. The van der Waals surface area contributed by atoms with Gasteiger partial charge in [0.05, 0.1) is 18.6 Å². The number of ether oxygens (including phenoxy) is 1.